The molecule has 0 saturated heterocycles. The summed E-state index contributed by atoms with van der Waals surface area (Å²) in [6.45, 7) is 5.88. The van der Waals surface area contributed by atoms with Crippen molar-refractivity contribution in [3.05, 3.63) is 23.7 Å². The van der Waals surface area contributed by atoms with Crippen molar-refractivity contribution < 1.29 is 18.7 Å². The Kier molecular flexibility index (Phi) is 11.4. The van der Waals surface area contributed by atoms with E-state index in [0.717, 1.165) is 19.4 Å². The van der Waals surface area contributed by atoms with Crippen LogP contribution in [0.2, 0.25) is 0 Å². The molecule has 0 aliphatic heterocycles. The maximum Gasteiger partial charge on any atom is 0.255 e. The van der Waals surface area contributed by atoms with Crippen LogP contribution in [0.4, 0.5) is 0 Å². The molecule has 1 heterocycles. The number of carbonyl (C=O) groups is 2. The quantitative estimate of drug-likeness (QED) is 0.504. The van der Waals surface area contributed by atoms with Crippen LogP contribution in [0.25, 0.3) is 0 Å². The number of carbonyl (C=O) groups excluding carboxylic acids is 2. The number of hydrogen-bond acceptors (Lipinski definition) is 4. The molecule has 0 saturated carbocycles. The van der Waals surface area contributed by atoms with Gasteiger partial charge in [-0.2, -0.15) is 0 Å². The van der Waals surface area contributed by atoms with E-state index in [0.29, 0.717) is 24.5 Å². The molecule has 0 fully saturated rings. The average molecular weight is 352 g/mol. The number of rotatable bonds is 14. The van der Waals surface area contributed by atoms with Crippen LogP contribution in [0.5, 0.6) is 0 Å². The van der Waals surface area contributed by atoms with Gasteiger partial charge in [0.1, 0.15) is 5.76 Å². The lowest BCUT2D eigenvalue weighted by molar-refractivity contribution is -0.120. The van der Waals surface area contributed by atoms with Crippen LogP contribution in [0.15, 0.2) is 16.7 Å². The van der Waals surface area contributed by atoms with Crippen molar-refractivity contribution in [3.8, 4) is 0 Å². The Labute approximate surface area is 150 Å². The van der Waals surface area contributed by atoms with Crippen molar-refractivity contribution in [1.82, 2.24) is 10.6 Å². The van der Waals surface area contributed by atoms with E-state index >= 15 is 0 Å². The minimum atomic E-state index is -0.302. The summed E-state index contributed by atoms with van der Waals surface area (Å²) in [5, 5.41) is 5.34. The fraction of sp³-hybridized carbons (Fsp3) is 0.684. The second-order valence-corrected chi connectivity index (χ2v) is 6.16. The molecule has 0 spiro atoms. The predicted octanol–water partition coefficient (Wildman–Crippen LogP) is 3.20. The van der Waals surface area contributed by atoms with E-state index in [9.17, 15) is 9.59 Å². The van der Waals surface area contributed by atoms with Gasteiger partial charge in [-0.3, -0.25) is 9.59 Å². The van der Waals surface area contributed by atoms with E-state index in [1.54, 1.807) is 13.0 Å². The average Bonchev–Trinajstić information content (AvgIpc) is 3.03. The number of unbranched alkanes of at least 4 members (excludes halogenated alkanes) is 5. The van der Waals surface area contributed by atoms with E-state index in [4.69, 9.17) is 9.15 Å². The van der Waals surface area contributed by atoms with Crippen molar-refractivity contribution in [3.63, 3.8) is 0 Å². The van der Waals surface area contributed by atoms with E-state index < -0.39 is 0 Å². The van der Waals surface area contributed by atoms with Crippen LogP contribution < -0.4 is 10.6 Å². The summed E-state index contributed by atoms with van der Waals surface area (Å²) < 4.78 is 10.6. The fourth-order valence-corrected chi connectivity index (χ4v) is 2.43. The second-order valence-electron chi connectivity index (χ2n) is 6.16. The molecule has 6 heteroatoms. The Hall–Kier alpha value is -1.82. The Morgan fingerprint density at radius 2 is 1.76 bits per heavy atom. The maximum absolute atomic E-state index is 11.8. The summed E-state index contributed by atoms with van der Waals surface area (Å²) in [7, 11) is 0. The van der Waals surface area contributed by atoms with E-state index in [-0.39, 0.29) is 18.4 Å². The van der Waals surface area contributed by atoms with Gasteiger partial charge in [-0.1, -0.05) is 39.0 Å². The zero-order chi connectivity index (χ0) is 18.3. The number of ether oxygens (including phenoxy) is 1. The standard InChI is InChI=1S/C19H32N2O4/c1-3-4-5-6-7-8-12-24-13-9-11-20-18(22)15-21-19(23)17-10-14-25-16(17)2/h10,14H,3-9,11-13,15H2,1-2H3,(H,20,22)(H,21,23). The summed E-state index contributed by atoms with van der Waals surface area (Å²) in [6.07, 6.45) is 9.77. The topological polar surface area (TPSA) is 80.6 Å². The normalized spacial score (nSPS) is 10.6. The van der Waals surface area contributed by atoms with Gasteiger partial charge in [0.2, 0.25) is 5.91 Å². The molecule has 1 aromatic rings. The molecule has 2 amide bonds. The van der Waals surface area contributed by atoms with E-state index in [1.807, 2.05) is 0 Å². The Bertz CT molecular complexity index is 499. The van der Waals surface area contributed by atoms with E-state index in [1.165, 1.54) is 38.4 Å². The van der Waals surface area contributed by atoms with Gasteiger partial charge in [0.05, 0.1) is 18.4 Å². The smallest absolute Gasteiger partial charge is 0.255 e. The van der Waals surface area contributed by atoms with Gasteiger partial charge < -0.3 is 19.8 Å². The van der Waals surface area contributed by atoms with Crippen molar-refractivity contribution in [2.24, 2.45) is 0 Å². The number of amides is 2. The van der Waals surface area contributed by atoms with E-state index in [2.05, 4.69) is 17.6 Å². The van der Waals surface area contributed by atoms with Gasteiger partial charge in [0.25, 0.3) is 5.91 Å². The Morgan fingerprint density at radius 1 is 1.04 bits per heavy atom. The zero-order valence-corrected chi connectivity index (χ0v) is 15.6. The van der Waals surface area contributed by atoms with Gasteiger partial charge in [-0.05, 0) is 25.8 Å². The summed E-state index contributed by atoms with van der Waals surface area (Å²) in [5.41, 5.74) is 0.455. The van der Waals surface area contributed by atoms with Crippen molar-refractivity contribution in [2.45, 2.75) is 58.8 Å². The number of aryl methyl sites for hydroxylation is 1. The molecule has 1 aromatic heterocycles. The maximum atomic E-state index is 11.8. The first-order valence-electron chi connectivity index (χ1n) is 9.32. The lowest BCUT2D eigenvalue weighted by atomic mass is 10.1. The third-order valence-electron chi connectivity index (χ3n) is 3.94. The largest absolute Gasteiger partial charge is 0.469 e. The number of hydrogen-bond donors (Lipinski definition) is 2. The van der Waals surface area contributed by atoms with Crippen molar-refractivity contribution in [1.29, 1.82) is 0 Å². The summed E-state index contributed by atoms with van der Waals surface area (Å²) in [5.74, 6) is 0.0366. The minimum absolute atomic E-state index is 0.0396. The molecule has 0 atom stereocenters. The highest BCUT2D eigenvalue weighted by Crippen LogP contribution is 2.07. The Morgan fingerprint density at radius 3 is 2.48 bits per heavy atom. The van der Waals surface area contributed by atoms with Crippen LogP contribution in [0.3, 0.4) is 0 Å². The fourth-order valence-electron chi connectivity index (χ4n) is 2.43. The third kappa shape index (κ3) is 9.92. The SMILES string of the molecule is CCCCCCCCOCCCNC(=O)CNC(=O)c1ccoc1C. The van der Waals surface area contributed by atoms with Crippen LogP contribution in [0, 0.1) is 6.92 Å². The number of furan rings is 1. The van der Waals surface area contributed by atoms with Crippen LogP contribution in [0.1, 0.15) is 68.0 Å². The highest BCUT2D eigenvalue weighted by Gasteiger charge is 2.12. The lowest BCUT2D eigenvalue weighted by Crippen LogP contribution is -2.37. The zero-order valence-electron chi connectivity index (χ0n) is 15.6. The van der Waals surface area contributed by atoms with Gasteiger partial charge in [-0.25, -0.2) is 0 Å². The van der Waals surface area contributed by atoms with Gasteiger partial charge in [-0.15, -0.1) is 0 Å². The van der Waals surface area contributed by atoms with Gasteiger partial charge in [0.15, 0.2) is 0 Å². The highest BCUT2D eigenvalue weighted by molar-refractivity contribution is 5.97. The first-order chi connectivity index (χ1) is 12.1. The predicted molar refractivity (Wildman–Crippen MR) is 97.6 cm³/mol. The van der Waals surface area contributed by atoms with Crippen molar-refractivity contribution in [2.75, 3.05) is 26.3 Å². The number of nitrogens with one attached hydrogen (secondary N) is 2. The van der Waals surface area contributed by atoms with Gasteiger partial charge in [0, 0.05) is 19.8 Å². The summed E-state index contributed by atoms with van der Waals surface area (Å²) in [4.78, 5) is 23.5. The first-order valence-corrected chi connectivity index (χ1v) is 9.32. The van der Waals surface area contributed by atoms with Crippen LogP contribution in [-0.2, 0) is 9.53 Å². The van der Waals surface area contributed by atoms with Crippen LogP contribution >= 0.6 is 0 Å². The molecule has 0 aliphatic carbocycles. The molecule has 0 aliphatic rings. The first kappa shape index (κ1) is 21.2. The van der Waals surface area contributed by atoms with Crippen LogP contribution in [-0.4, -0.2) is 38.1 Å². The monoisotopic (exact) mass is 352 g/mol. The molecule has 0 unspecified atom stereocenters. The summed E-state index contributed by atoms with van der Waals surface area (Å²) >= 11 is 0. The Balaban J connectivity index is 1.92. The molecule has 142 valence electrons. The molecule has 0 radical (unpaired) electrons. The third-order valence-corrected chi connectivity index (χ3v) is 3.94. The lowest BCUT2D eigenvalue weighted by Gasteiger charge is -2.07. The summed E-state index contributed by atoms with van der Waals surface area (Å²) in [6, 6.07) is 1.59. The van der Waals surface area contributed by atoms with Gasteiger partial charge >= 0.3 is 0 Å². The molecule has 1 rings (SSSR count). The molecular weight excluding hydrogens is 320 g/mol. The molecule has 0 bridgehead atoms. The molecule has 0 aromatic carbocycles. The molecular formula is C19H32N2O4. The molecule has 2 N–H and O–H groups in total. The molecule has 6 nitrogen and oxygen atoms in total. The second kappa shape index (κ2) is 13.5. The molecule has 25 heavy (non-hydrogen) atoms. The highest BCUT2D eigenvalue weighted by atomic mass is 16.5. The van der Waals surface area contributed by atoms with Crippen molar-refractivity contribution >= 4 is 11.8 Å². The minimum Gasteiger partial charge on any atom is -0.469 e.